The highest BCUT2D eigenvalue weighted by molar-refractivity contribution is 6.74. The van der Waals surface area contributed by atoms with Crippen LogP contribution in [0.1, 0.15) is 44.1 Å². The molecule has 0 fully saturated rings. The summed E-state index contributed by atoms with van der Waals surface area (Å²) in [6.45, 7) is 12.3. The first-order chi connectivity index (χ1) is 17.5. The van der Waals surface area contributed by atoms with Crippen molar-refractivity contribution in [2.45, 2.75) is 64.4 Å². The Bertz CT molecular complexity index is 1320. The van der Waals surface area contributed by atoms with Crippen LogP contribution in [-0.2, 0) is 11.0 Å². The molecule has 0 saturated carbocycles. The molecule has 0 aliphatic heterocycles. The number of nitrogens with two attached hydrogens (primary N) is 1. The molecule has 2 heterocycles. The molecule has 0 radical (unpaired) electrons. The molecular weight excluding hydrogens is 484 g/mol. The van der Waals surface area contributed by atoms with Crippen molar-refractivity contribution >= 4 is 25.3 Å². The van der Waals surface area contributed by atoms with E-state index in [0.29, 0.717) is 19.0 Å². The molecule has 0 aliphatic carbocycles. The number of carbonyl (C=O) groups excluding carboxylic acids is 1. The van der Waals surface area contributed by atoms with Gasteiger partial charge in [-0.2, -0.15) is 0 Å². The Labute approximate surface area is 218 Å². The molecule has 8 nitrogen and oxygen atoms in total. The summed E-state index contributed by atoms with van der Waals surface area (Å²) in [5.74, 6) is 0.807. The predicted octanol–water partition coefficient (Wildman–Crippen LogP) is 6.04. The van der Waals surface area contributed by atoms with Gasteiger partial charge < -0.3 is 23.9 Å². The molecule has 0 spiro atoms. The fourth-order valence-corrected chi connectivity index (χ4v) is 5.20. The van der Waals surface area contributed by atoms with Crippen molar-refractivity contribution in [3.8, 4) is 17.2 Å². The van der Waals surface area contributed by atoms with Gasteiger partial charge in [0.15, 0.2) is 13.9 Å². The lowest BCUT2D eigenvalue weighted by Crippen LogP contribution is -2.45. The molecule has 1 amide bonds. The van der Waals surface area contributed by atoms with Crippen molar-refractivity contribution in [1.82, 2.24) is 14.5 Å². The minimum atomic E-state index is -2.00. The molecule has 2 N–H and O–H groups in total. The Morgan fingerprint density at radius 3 is 2.65 bits per heavy atom. The Morgan fingerprint density at radius 1 is 1.16 bits per heavy atom. The van der Waals surface area contributed by atoms with Crippen LogP contribution in [0.5, 0.6) is 5.75 Å². The number of rotatable bonds is 11. The van der Waals surface area contributed by atoms with Crippen LogP contribution in [0.3, 0.4) is 0 Å². The van der Waals surface area contributed by atoms with Crippen molar-refractivity contribution in [3.05, 3.63) is 66.7 Å². The van der Waals surface area contributed by atoms with Crippen LogP contribution >= 0.6 is 0 Å². The van der Waals surface area contributed by atoms with Crippen molar-refractivity contribution in [3.63, 3.8) is 0 Å². The van der Waals surface area contributed by atoms with Crippen LogP contribution in [0, 0.1) is 0 Å². The van der Waals surface area contributed by atoms with Crippen LogP contribution in [-0.4, -0.2) is 41.5 Å². The van der Waals surface area contributed by atoms with E-state index in [2.05, 4.69) is 43.8 Å². The summed E-state index contributed by atoms with van der Waals surface area (Å²) in [6, 6.07) is 15.5. The number of carbonyl (C=O) groups is 1. The number of fused-ring (bicyclic) bond motifs is 1. The number of amides is 1. The van der Waals surface area contributed by atoms with Gasteiger partial charge in [-0.25, -0.2) is 9.97 Å². The number of hydrogen-bond acceptors (Lipinski definition) is 6. The average Bonchev–Trinajstić information content (AvgIpc) is 3.48. The standard InChI is InChI=1S/C28H36N4O4Si/c1-28(2,3)37(4,5)36-22(17-32-18-24(26(29)33)30-19-32)12-9-15-34-21-11-8-10-20(16-21)27-31-23-13-6-7-14-25(23)35-27/h6-8,10-11,13-14,16,18-19,22H,9,12,15,17H2,1-5H3,(H2,29,33). The van der Waals surface area contributed by atoms with E-state index in [1.165, 1.54) is 0 Å². The van der Waals surface area contributed by atoms with Gasteiger partial charge in [0.25, 0.3) is 5.91 Å². The molecule has 2 aromatic heterocycles. The quantitative estimate of drug-likeness (QED) is 0.191. The van der Waals surface area contributed by atoms with E-state index >= 15 is 0 Å². The first-order valence-electron chi connectivity index (χ1n) is 12.6. The highest BCUT2D eigenvalue weighted by Crippen LogP contribution is 2.38. The van der Waals surface area contributed by atoms with E-state index < -0.39 is 14.2 Å². The molecule has 0 bridgehead atoms. The molecule has 0 aliphatic rings. The van der Waals surface area contributed by atoms with Crippen LogP contribution in [0.15, 0.2) is 65.5 Å². The van der Waals surface area contributed by atoms with Crippen LogP contribution in [0.25, 0.3) is 22.6 Å². The SMILES string of the molecule is CC(C)(C)[Si](C)(C)OC(CCCOc1cccc(-c2nc3ccccc3o2)c1)Cn1cnc(C(N)=O)c1. The molecule has 1 atom stereocenters. The number of ether oxygens (including phenoxy) is 1. The topological polar surface area (TPSA) is 105 Å². The highest BCUT2D eigenvalue weighted by Gasteiger charge is 2.39. The zero-order valence-electron chi connectivity index (χ0n) is 22.2. The first-order valence-corrected chi connectivity index (χ1v) is 15.5. The zero-order chi connectivity index (χ0) is 26.6. The van der Waals surface area contributed by atoms with Gasteiger partial charge in [-0.15, -0.1) is 0 Å². The monoisotopic (exact) mass is 520 g/mol. The number of imidazole rings is 1. The van der Waals surface area contributed by atoms with Gasteiger partial charge in [-0.3, -0.25) is 4.79 Å². The lowest BCUT2D eigenvalue weighted by Gasteiger charge is -2.39. The maximum Gasteiger partial charge on any atom is 0.268 e. The van der Waals surface area contributed by atoms with E-state index in [1.807, 2.05) is 53.1 Å². The van der Waals surface area contributed by atoms with E-state index in [4.69, 9.17) is 19.3 Å². The van der Waals surface area contributed by atoms with E-state index in [9.17, 15) is 4.79 Å². The Hall–Kier alpha value is -3.43. The van der Waals surface area contributed by atoms with Crippen molar-refractivity contribution in [2.75, 3.05) is 6.61 Å². The number of primary amides is 1. The van der Waals surface area contributed by atoms with Crippen LogP contribution < -0.4 is 10.5 Å². The second kappa shape index (κ2) is 10.9. The normalized spacial score (nSPS) is 13.1. The third kappa shape index (κ3) is 6.67. The second-order valence-corrected chi connectivity index (χ2v) is 15.6. The number of oxazole rings is 1. The van der Waals surface area contributed by atoms with Crippen LogP contribution in [0.4, 0.5) is 0 Å². The molecule has 4 rings (SSSR count). The summed E-state index contributed by atoms with van der Waals surface area (Å²) < 4.78 is 20.6. The van der Waals surface area contributed by atoms with Gasteiger partial charge in [0.05, 0.1) is 19.0 Å². The van der Waals surface area contributed by atoms with Gasteiger partial charge >= 0.3 is 0 Å². The molecule has 1 unspecified atom stereocenters. The lowest BCUT2D eigenvalue weighted by molar-refractivity contribution is 0.0995. The van der Waals surface area contributed by atoms with Gasteiger partial charge in [0.2, 0.25) is 5.89 Å². The largest absolute Gasteiger partial charge is 0.494 e. The zero-order valence-corrected chi connectivity index (χ0v) is 23.2. The van der Waals surface area contributed by atoms with Crippen molar-refractivity contribution < 1.29 is 18.4 Å². The Balaban J connectivity index is 1.38. The second-order valence-electron chi connectivity index (χ2n) is 10.8. The van der Waals surface area contributed by atoms with Gasteiger partial charge in [0.1, 0.15) is 17.0 Å². The predicted molar refractivity (Wildman–Crippen MR) is 147 cm³/mol. The van der Waals surface area contributed by atoms with Crippen LogP contribution in [0.2, 0.25) is 18.1 Å². The summed E-state index contributed by atoms with van der Waals surface area (Å²) in [5, 5.41) is 0.0835. The average molecular weight is 521 g/mol. The number of para-hydroxylation sites is 2. The third-order valence-electron chi connectivity index (χ3n) is 6.88. The molecule has 0 saturated heterocycles. The Morgan fingerprint density at radius 2 is 1.95 bits per heavy atom. The minimum Gasteiger partial charge on any atom is -0.494 e. The maximum atomic E-state index is 11.5. The molecule has 2 aromatic carbocycles. The Kier molecular flexibility index (Phi) is 7.84. The summed E-state index contributed by atoms with van der Waals surface area (Å²) in [4.78, 5) is 20.1. The summed E-state index contributed by atoms with van der Waals surface area (Å²) in [7, 11) is -2.00. The van der Waals surface area contributed by atoms with Crippen molar-refractivity contribution in [1.29, 1.82) is 0 Å². The minimum absolute atomic E-state index is 0.0366. The smallest absolute Gasteiger partial charge is 0.268 e. The molecule has 9 heteroatoms. The maximum absolute atomic E-state index is 11.5. The summed E-state index contributed by atoms with van der Waals surface area (Å²) in [5.41, 5.74) is 8.10. The first kappa shape index (κ1) is 26.6. The molecule has 4 aromatic rings. The number of aromatic nitrogens is 3. The van der Waals surface area contributed by atoms with E-state index in [1.54, 1.807) is 12.5 Å². The molecule has 196 valence electrons. The number of hydrogen-bond donors (Lipinski definition) is 1. The summed E-state index contributed by atoms with van der Waals surface area (Å²) >= 11 is 0. The van der Waals surface area contributed by atoms with Gasteiger partial charge in [0, 0.05) is 18.3 Å². The highest BCUT2D eigenvalue weighted by atomic mass is 28.4. The fraction of sp³-hybridized carbons (Fsp3) is 0.393. The number of benzene rings is 2. The van der Waals surface area contributed by atoms with Gasteiger partial charge in [-0.05, 0) is 61.3 Å². The summed E-state index contributed by atoms with van der Waals surface area (Å²) in [6.07, 6.45) is 4.89. The van der Waals surface area contributed by atoms with Crippen molar-refractivity contribution in [2.24, 2.45) is 5.73 Å². The fourth-order valence-electron chi connectivity index (χ4n) is 3.82. The third-order valence-corrected chi connectivity index (χ3v) is 11.4. The van der Waals surface area contributed by atoms with E-state index in [-0.39, 0.29) is 16.8 Å². The van der Waals surface area contributed by atoms with Gasteiger partial charge in [-0.1, -0.05) is 39.0 Å². The molecule has 37 heavy (non-hydrogen) atoms. The lowest BCUT2D eigenvalue weighted by atomic mass is 10.2. The number of nitrogens with zero attached hydrogens (tertiary/aromatic N) is 3. The molecular formula is C28H36N4O4Si. The van der Waals surface area contributed by atoms with E-state index in [0.717, 1.165) is 35.3 Å².